The van der Waals surface area contributed by atoms with E-state index in [1.165, 1.54) is 11.3 Å². The Hall–Kier alpha value is -0.750. The Morgan fingerprint density at radius 1 is 1.71 bits per heavy atom. The molecular formula is C11H16N2O2S2. The lowest BCUT2D eigenvalue weighted by Gasteiger charge is -2.32. The van der Waals surface area contributed by atoms with E-state index in [4.69, 9.17) is 4.74 Å². The topological polar surface area (TPSA) is 42.4 Å². The molecule has 2 rings (SSSR count). The molecule has 1 saturated heterocycles. The maximum Gasteiger partial charge on any atom is 0.357 e. The van der Waals surface area contributed by atoms with Crippen LogP contribution in [0.1, 0.15) is 24.3 Å². The molecule has 0 saturated carbocycles. The van der Waals surface area contributed by atoms with Crippen molar-refractivity contribution in [3.63, 3.8) is 0 Å². The summed E-state index contributed by atoms with van der Waals surface area (Å²) in [6, 6.07) is 0.481. The van der Waals surface area contributed by atoms with E-state index in [0.717, 1.165) is 23.2 Å². The quantitative estimate of drug-likeness (QED) is 0.790. The van der Waals surface area contributed by atoms with Gasteiger partial charge in [-0.15, -0.1) is 11.3 Å². The van der Waals surface area contributed by atoms with Gasteiger partial charge in [-0.25, -0.2) is 9.78 Å². The van der Waals surface area contributed by atoms with Crippen LogP contribution in [0, 0.1) is 0 Å². The highest BCUT2D eigenvalue weighted by Gasteiger charge is 2.22. The number of hydrogen-bond donors (Lipinski definition) is 0. The molecule has 0 aliphatic carbocycles. The minimum Gasteiger partial charge on any atom is -0.461 e. The van der Waals surface area contributed by atoms with Crippen LogP contribution < -0.4 is 4.90 Å². The lowest BCUT2D eigenvalue weighted by atomic mass is 10.3. The van der Waals surface area contributed by atoms with Crippen molar-refractivity contribution in [3.8, 4) is 0 Å². The first-order valence-electron chi connectivity index (χ1n) is 5.69. The van der Waals surface area contributed by atoms with Gasteiger partial charge in [0.1, 0.15) is 0 Å². The number of hydrogen-bond acceptors (Lipinski definition) is 6. The molecule has 1 atom stereocenters. The van der Waals surface area contributed by atoms with Crippen molar-refractivity contribution < 1.29 is 9.53 Å². The minimum atomic E-state index is -0.325. The first-order valence-corrected chi connectivity index (χ1v) is 7.73. The average molecular weight is 272 g/mol. The van der Waals surface area contributed by atoms with E-state index in [2.05, 4.69) is 16.8 Å². The van der Waals surface area contributed by atoms with Crippen LogP contribution in [-0.4, -0.2) is 41.7 Å². The molecule has 1 fully saturated rings. The summed E-state index contributed by atoms with van der Waals surface area (Å²) >= 11 is 3.48. The molecule has 17 heavy (non-hydrogen) atoms. The van der Waals surface area contributed by atoms with Gasteiger partial charge in [0.2, 0.25) is 0 Å². The lowest BCUT2D eigenvalue weighted by Crippen LogP contribution is -2.40. The van der Waals surface area contributed by atoms with E-state index >= 15 is 0 Å². The Morgan fingerprint density at radius 2 is 2.53 bits per heavy atom. The molecule has 4 nitrogen and oxygen atoms in total. The summed E-state index contributed by atoms with van der Waals surface area (Å²) in [5.74, 6) is 1.92. The second kappa shape index (κ2) is 5.73. The fourth-order valence-corrected chi connectivity index (χ4v) is 3.64. The maximum atomic E-state index is 11.5. The highest BCUT2D eigenvalue weighted by Crippen LogP contribution is 2.27. The average Bonchev–Trinajstić information content (AvgIpc) is 2.79. The van der Waals surface area contributed by atoms with Crippen LogP contribution in [0.15, 0.2) is 5.38 Å². The molecule has 2 heterocycles. The summed E-state index contributed by atoms with van der Waals surface area (Å²) in [7, 11) is 0. The van der Waals surface area contributed by atoms with E-state index in [9.17, 15) is 4.79 Å². The third kappa shape index (κ3) is 2.93. The fourth-order valence-electron chi connectivity index (χ4n) is 1.71. The zero-order valence-electron chi connectivity index (χ0n) is 10.0. The standard InChI is InChI=1S/C11H16N2O2S2/c1-3-15-10(14)9-7-17-11(12-9)13-4-5-16-6-8(13)2/h7-8H,3-6H2,1-2H3. The van der Waals surface area contributed by atoms with Crippen LogP contribution >= 0.6 is 23.1 Å². The summed E-state index contributed by atoms with van der Waals surface area (Å²) in [6.45, 7) is 5.39. The van der Waals surface area contributed by atoms with Gasteiger partial charge in [-0.2, -0.15) is 11.8 Å². The van der Waals surface area contributed by atoms with E-state index in [1.807, 2.05) is 11.8 Å². The molecule has 1 aliphatic rings. The normalized spacial score (nSPS) is 20.4. The van der Waals surface area contributed by atoms with Gasteiger partial charge in [-0.3, -0.25) is 0 Å². The molecular weight excluding hydrogens is 256 g/mol. The molecule has 1 unspecified atom stereocenters. The van der Waals surface area contributed by atoms with Gasteiger partial charge < -0.3 is 9.64 Å². The van der Waals surface area contributed by atoms with Crippen LogP contribution in [0.5, 0.6) is 0 Å². The first-order chi connectivity index (χ1) is 8.22. The van der Waals surface area contributed by atoms with Crippen LogP contribution in [0.3, 0.4) is 0 Å². The van der Waals surface area contributed by atoms with Crippen molar-refractivity contribution in [1.29, 1.82) is 0 Å². The smallest absolute Gasteiger partial charge is 0.357 e. The number of aromatic nitrogens is 1. The zero-order chi connectivity index (χ0) is 12.3. The minimum absolute atomic E-state index is 0.325. The van der Waals surface area contributed by atoms with Gasteiger partial charge in [0.05, 0.1) is 6.61 Å². The number of carbonyl (C=O) groups is 1. The SMILES string of the molecule is CCOC(=O)c1csc(N2CCSCC2C)n1. The molecule has 94 valence electrons. The Balaban J connectivity index is 2.09. The van der Waals surface area contributed by atoms with Crippen molar-refractivity contribution >= 4 is 34.2 Å². The summed E-state index contributed by atoms with van der Waals surface area (Å²) in [5.41, 5.74) is 0.428. The first kappa shape index (κ1) is 12.7. The fraction of sp³-hybridized carbons (Fsp3) is 0.636. The number of thioether (sulfide) groups is 1. The number of anilines is 1. The molecule has 0 radical (unpaired) electrons. The van der Waals surface area contributed by atoms with Crippen molar-refractivity contribution in [2.45, 2.75) is 19.9 Å². The number of esters is 1. The van der Waals surface area contributed by atoms with Crippen LogP contribution in [0.2, 0.25) is 0 Å². The van der Waals surface area contributed by atoms with E-state index in [-0.39, 0.29) is 5.97 Å². The van der Waals surface area contributed by atoms with Crippen molar-refractivity contribution in [2.24, 2.45) is 0 Å². The molecule has 1 aromatic heterocycles. The number of thiazole rings is 1. The summed E-state index contributed by atoms with van der Waals surface area (Å²) in [5, 5.41) is 2.71. The summed E-state index contributed by atoms with van der Waals surface area (Å²) < 4.78 is 4.94. The molecule has 1 aliphatic heterocycles. The van der Waals surface area contributed by atoms with Crippen molar-refractivity contribution in [1.82, 2.24) is 4.98 Å². The van der Waals surface area contributed by atoms with E-state index in [1.54, 1.807) is 12.3 Å². The van der Waals surface area contributed by atoms with Crippen LogP contribution in [0.4, 0.5) is 5.13 Å². The maximum absolute atomic E-state index is 11.5. The second-order valence-corrected chi connectivity index (χ2v) is 5.84. The van der Waals surface area contributed by atoms with E-state index < -0.39 is 0 Å². The molecule has 0 amide bonds. The highest BCUT2D eigenvalue weighted by atomic mass is 32.2. The lowest BCUT2D eigenvalue weighted by molar-refractivity contribution is 0.0520. The second-order valence-electron chi connectivity index (χ2n) is 3.85. The number of carbonyl (C=O) groups excluding carboxylic acids is 1. The van der Waals surface area contributed by atoms with Gasteiger partial charge in [0.25, 0.3) is 0 Å². The molecule has 0 N–H and O–H groups in total. The summed E-state index contributed by atoms with van der Waals surface area (Å²) in [4.78, 5) is 18.2. The van der Waals surface area contributed by atoms with Gasteiger partial charge >= 0.3 is 5.97 Å². The molecule has 0 spiro atoms. The monoisotopic (exact) mass is 272 g/mol. The van der Waals surface area contributed by atoms with Crippen LogP contribution in [0.25, 0.3) is 0 Å². The number of ether oxygens (including phenoxy) is 1. The Morgan fingerprint density at radius 3 is 3.24 bits per heavy atom. The molecule has 0 bridgehead atoms. The van der Waals surface area contributed by atoms with Crippen molar-refractivity contribution in [2.75, 3.05) is 29.6 Å². The number of rotatable bonds is 3. The van der Waals surface area contributed by atoms with Gasteiger partial charge in [-0.1, -0.05) is 0 Å². The van der Waals surface area contributed by atoms with Gasteiger partial charge in [0, 0.05) is 29.5 Å². The number of nitrogens with zero attached hydrogens (tertiary/aromatic N) is 2. The Kier molecular flexibility index (Phi) is 4.28. The van der Waals surface area contributed by atoms with E-state index in [0.29, 0.717) is 18.3 Å². The molecule has 6 heteroatoms. The molecule has 1 aromatic rings. The predicted molar refractivity (Wildman–Crippen MR) is 72.2 cm³/mol. The third-order valence-corrected chi connectivity index (χ3v) is 4.66. The summed E-state index contributed by atoms with van der Waals surface area (Å²) in [6.07, 6.45) is 0. The Bertz CT molecular complexity index is 395. The third-order valence-electron chi connectivity index (χ3n) is 2.59. The highest BCUT2D eigenvalue weighted by molar-refractivity contribution is 7.99. The Labute approximate surface area is 109 Å². The predicted octanol–water partition coefficient (Wildman–Crippen LogP) is 2.26. The zero-order valence-corrected chi connectivity index (χ0v) is 11.6. The molecule has 0 aromatic carbocycles. The van der Waals surface area contributed by atoms with Crippen LogP contribution in [-0.2, 0) is 4.74 Å². The van der Waals surface area contributed by atoms with Gasteiger partial charge in [0.15, 0.2) is 10.8 Å². The largest absolute Gasteiger partial charge is 0.461 e. The van der Waals surface area contributed by atoms with Crippen molar-refractivity contribution in [3.05, 3.63) is 11.1 Å². The van der Waals surface area contributed by atoms with Gasteiger partial charge in [-0.05, 0) is 13.8 Å².